The van der Waals surface area contributed by atoms with Gasteiger partial charge in [0, 0.05) is 4.90 Å². The van der Waals surface area contributed by atoms with Crippen LogP contribution in [-0.2, 0) is 10.0 Å². The molecule has 0 unspecified atom stereocenters. The van der Waals surface area contributed by atoms with E-state index in [1.807, 2.05) is 6.26 Å². The number of primary amides is 1. The molecule has 0 bridgehead atoms. The first-order valence-corrected chi connectivity index (χ1v) is 6.63. The van der Waals surface area contributed by atoms with Crippen molar-refractivity contribution >= 4 is 27.8 Å². The maximum absolute atomic E-state index is 11.4. The summed E-state index contributed by atoms with van der Waals surface area (Å²) in [6, 6.07) is 5.04. The van der Waals surface area contributed by atoms with Crippen molar-refractivity contribution in [1.82, 2.24) is 4.72 Å². The molecule has 7 heteroatoms. The molecule has 0 aliphatic carbocycles. The molecule has 0 heterocycles. The Morgan fingerprint density at radius 3 is 2.27 bits per heavy atom. The van der Waals surface area contributed by atoms with Crippen molar-refractivity contribution in [2.45, 2.75) is 9.79 Å². The van der Waals surface area contributed by atoms with Gasteiger partial charge in [0.05, 0.1) is 4.90 Å². The largest absolute Gasteiger partial charge is 0.351 e. The molecule has 1 aromatic rings. The summed E-state index contributed by atoms with van der Waals surface area (Å²) >= 11 is 1.50. The van der Waals surface area contributed by atoms with Gasteiger partial charge in [-0.05, 0) is 30.5 Å². The molecule has 0 atom stereocenters. The fraction of sp³-hybridized carbons (Fsp3) is 0.125. The van der Waals surface area contributed by atoms with Gasteiger partial charge in [0.25, 0.3) is 10.0 Å². The first-order valence-electron chi connectivity index (χ1n) is 3.92. The SMILES string of the molecule is CSc1ccc(S(=O)(=O)NC(N)=O)cc1. The first kappa shape index (κ1) is 11.9. The molecule has 0 aromatic heterocycles. The summed E-state index contributed by atoms with van der Waals surface area (Å²) in [6.07, 6.45) is 1.88. The molecule has 1 aromatic carbocycles. The van der Waals surface area contributed by atoms with Gasteiger partial charge in [-0.2, -0.15) is 0 Å². The van der Waals surface area contributed by atoms with E-state index in [2.05, 4.69) is 0 Å². The Kier molecular flexibility index (Phi) is 3.59. The van der Waals surface area contributed by atoms with E-state index in [-0.39, 0.29) is 4.90 Å². The lowest BCUT2D eigenvalue weighted by atomic mass is 10.4. The van der Waals surface area contributed by atoms with Crippen LogP contribution in [0.1, 0.15) is 0 Å². The molecule has 0 spiro atoms. The minimum absolute atomic E-state index is 0.0131. The number of hydrogen-bond acceptors (Lipinski definition) is 4. The third-order valence-electron chi connectivity index (χ3n) is 1.60. The third kappa shape index (κ3) is 3.14. The molecule has 0 fully saturated rings. The minimum Gasteiger partial charge on any atom is -0.351 e. The molecule has 82 valence electrons. The van der Waals surface area contributed by atoms with Crippen molar-refractivity contribution < 1.29 is 13.2 Å². The second-order valence-corrected chi connectivity index (χ2v) is 5.21. The van der Waals surface area contributed by atoms with Crippen molar-refractivity contribution in [3.05, 3.63) is 24.3 Å². The van der Waals surface area contributed by atoms with Crippen LogP contribution in [0.3, 0.4) is 0 Å². The molecule has 15 heavy (non-hydrogen) atoms. The maximum Gasteiger partial charge on any atom is 0.326 e. The number of urea groups is 1. The highest BCUT2D eigenvalue weighted by Crippen LogP contribution is 2.17. The van der Waals surface area contributed by atoms with Gasteiger partial charge in [0.15, 0.2) is 0 Å². The van der Waals surface area contributed by atoms with Crippen LogP contribution in [0.15, 0.2) is 34.1 Å². The van der Waals surface area contributed by atoms with Gasteiger partial charge in [-0.3, -0.25) is 0 Å². The molecule has 2 amide bonds. The lowest BCUT2D eigenvalue weighted by Crippen LogP contribution is -2.34. The van der Waals surface area contributed by atoms with E-state index in [9.17, 15) is 13.2 Å². The molecule has 0 saturated carbocycles. The average molecular weight is 246 g/mol. The Morgan fingerprint density at radius 1 is 1.33 bits per heavy atom. The number of nitrogens with two attached hydrogens (primary N) is 1. The highest BCUT2D eigenvalue weighted by Gasteiger charge is 2.15. The van der Waals surface area contributed by atoms with E-state index in [1.165, 1.54) is 23.9 Å². The minimum atomic E-state index is -3.82. The van der Waals surface area contributed by atoms with Gasteiger partial charge < -0.3 is 5.73 Å². The van der Waals surface area contributed by atoms with Gasteiger partial charge >= 0.3 is 6.03 Å². The Morgan fingerprint density at radius 2 is 1.87 bits per heavy atom. The zero-order valence-corrected chi connectivity index (χ0v) is 9.56. The van der Waals surface area contributed by atoms with Crippen LogP contribution in [-0.4, -0.2) is 20.7 Å². The Bertz CT molecular complexity index is 453. The zero-order chi connectivity index (χ0) is 11.5. The predicted octanol–water partition coefficient (Wildman–Crippen LogP) is 0.766. The molecule has 0 radical (unpaired) electrons. The molecule has 0 aliphatic rings. The van der Waals surface area contributed by atoms with Crippen molar-refractivity contribution in [3.63, 3.8) is 0 Å². The fourth-order valence-electron chi connectivity index (χ4n) is 0.946. The van der Waals surface area contributed by atoms with Gasteiger partial charge in [-0.1, -0.05) is 0 Å². The van der Waals surface area contributed by atoms with Crippen molar-refractivity contribution in [2.75, 3.05) is 6.26 Å². The predicted molar refractivity (Wildman–Crippen MR) is 58.1 cm³/mol. The number of hydrogen-bond donors (Lipinski definition) is 2. The van der Waals surface area contributed by atoms with Crippen LogP contribution in [0, 0.1) is 0 Å². The Labute approximate surface area is 92.1 Å². The van der Waals surface area contributed by atoms with Crippen molar-refractivity contribution in [1.29, 1.82) is 0 Å². The number of amides is 2. The maximum atomic E-state index is 11.4. The summed E-state index contributed by atoms with van der Waals surface area (Å²) in [5.74, 6) is 0. The molecule has 5 nitrogen and oxygen atoms in total. The van der Waals surface area contributed by atoms with E-state index in [4.69, 9.17) is 5.73 Å². The lowest BCUT2D eigenvalue weighted by Gasteiger charge is -2.04. The van der Waals surface area contributed by atoms with Crippen LogP contribution in [0.2, 0.25) is 0 Å². The number of benzene rings is 1. The van der Waals surface area contributed by atoms with Gasteiger partial charge in [-0.25, -0.2) is 17.9 Å². The third-order valence-corrected chi connectivity index (χ3v) is 3.71. The number of carbonyl (C=O) groups is 1. The zero-order valence-electron chi connectivity index (χ0n) is 7.93. The van der Waals surface area contributed by atoms with Crippen molar-refractivity contribution in [2.24, 2.45) is 5.73 Å². The summed E-state index contributed by atoms with van der Waals surface area (Å²) in [4.78, 5) is 11.4. The van der Waals surface area contributed by atoms with Crippen LogP contribution in [0.5, 0.6) is 0 Å². The van der Waals surface area contributed by atoms with E-state index >= 15 is 0 Å². The second kappa shape index (κ2) is 4.54. The van der Waals surface area contributed by atoms with Crippen LogP contribution < -0.4 is 10.5 Å². The summed E-state index contributed by atoms with van der Waals surface area (Å²) in [5.41, 5.74) is 4.74. The molecule has 0 aliphatic heterocycles. The average Bonchev–Trinajstić information content (AvgIpc) is 2.16. The van der Waals surface area contributed by atoms with Crippen LogP contribution in [0.25, 0.3) is 0 Å². The Hall–Kier alpha value is -1.21. The van der Waals surface area contributed by atoms with E-state index in [0.717, 1.165) is 4.90 Å². The van der Waals surface area contributed by atoms with E-state index in [0.29, 0.717) is 0 Å². The quantitative estimate of drug-likeness (QED) is 0.771. The van der Waals surface area contributed by atoms with Crippen LogP contribution in [0.4, 0.5) is 4.79 Å². The highest BCUT2D eigenvalue weighted by atomic mass is 32.2. The van der Waals surface area contributed by atoms with Crippen molar-refractivity contribution in [3.8, 4) is 0 Å². The monoisotopic (exact) mass is 246 g/mol. The van der Waals surface area contributed by atoms with Gasteiger partial charge in [-0.15, -0.1) is 11.8 Å². The van der Waals surface area contributed by atoms with Gasteiger partial charge in [0.1, 0.15) is 0 Å². The molecular weight excluding hydrogens is 236 g/mol. The lowest BCUT2D eigenvalue weighted by molar-refractivity contribution is 0.253. The normalized spacial score (nSPS) is 11.0. The van der Waals surface area contributed by atoms with E-state index in [1.54, 1.807) is 16.9 Å². The summed E-state index contributed by atoms with van der Waals surface area (Å²) in [6.45, 7) is 0. The second-order valence-electron chi connectivity index (χ2n) is 2.65. The van der Waals surface area contributed by atoms with Gasteiger partial charge in [0.2, 0.25) is 0 Å². The van der Waals surface area contributed by atoms with Crippen LogP contribution >= 0.6 is 11.8 Å². The first-order chi connectivity index (χ1) is 6.95. The standard InChI is InChI=1S/C8H10N2O3S2/c1-14-6-2-4-7(5-3-6)15(12,13)10-8(9)11/h2-5H,1H3,(H3,9,10,11). The smallest absolute Gasteiger partial charge is 0.326 e. The summed E-state index contributed by atoms with van der Waals surface area (Å²) < 4.78 is 24.5. The number of sulfonamides is 1. The molecule has 1 rings (SSSR count). The number of nitrogens with one attached hydrogen (secondary N) is 1. The van der Waals surface area contributed by atoms with E-state index < -0.39 is 16.1 Å². The number of rotatable bonds is 3. The fourth-order valence-corrected chi connectivity index (χ4v) is 2.23. The topological polar surface area (TPSA) is 89.3 Å². The highest BCUT2D eigenvalue weighted by molar-refractivity contribution is 7.98. The number of carbonyl (C=O) groups excluding carboxylic acids is 1. The number of thioether (sulfide) groups is 1. The molecular formula is C8H10N2O3S2. The molecule has 0 saturated heterocycles. The Balaban J connectivity index is 3.01. The summed E-state index contributed by atoms with van der Waals surface area (Å²) in [5, 5.41) is 0. The molecule has 3 N–H and O–H groups in total. The summed E-state index contributed by atoms with van der Waals surface area (Å²) in [7, 11) is -3.82.